The average molecular weight is 719 g/mol. The van der Waals surface area contributed by atoms with Gasteiger partial charge in [-0.15, -0.1) is 0 Å². The Morgan fingerprint density at radius 1 is 0.500 bits per heavy atom. The molecule has 0 rings (SSSR count). The predicted molar refractivity (Wildman–Crippen MR) is 172 cm³/mol. The average Bonchev–Trinajstić information content (AvgIpc) is 2.91. The van der Waals surface area contributed by atoms with Crippen LogP contribution in [0.1, 0.15) is 107 Å². The number of hydrogen-bond acceptors (Lipinski definition) is 5. The van der Waals surface area contributed by atoms with Crippen LogP contribution in [0.5, 0.6) is 0 Å². The lowest BCUT2D eigenvalue weighted by atomic mass is 10.0. The van der Waals surface area contributed by atoms with Gasteiger partial charge in [-0.1, -0.05) is 57.7 Å². The Labute approximate surface area is 278 Å². The maximum absolute atomic E-state index is 14.3. The minimum absolute atomic E-state index is 0.0319. The van der Waals surface area contributed by atoms with E-state index in [4.69, 9.17) is 0 Å². The summed E-state index contributed by atoms with van der Waals surface area (Å²) in [6.07, 6.45) is -0.357. The number of allylic oxidation sites excluding steroid dienone is 12. The van der Waals surface area contributed by atoms with Crippen molar-refractivity contribution in [3.8, 4) is 0 Å². The molecule has 0 N–H and O–H groups in total. The van der Waals surface area contributed by atoms with E-state index in [1.54, 1.807) is 12.2 Å². The van der Waals surface area contributed by atoms with Crippen molar-refractivity contribution in [2.24, 2.45) is 0 Å². The fourth-order valence-electron chi connectivity index (χ4n) is 3.89. The van der Waals surface area contributed by atoms with Crippen molar-refractivity contribution < 1.29 is 58.3 Å². The maximum atomic E-state index is 14.3. The van der Waals surface area contributed by atoms with Gasteiger partial charge in [-0.25, -0.2) is 9.05 Å². The Morgan fingerprint density at radius 2 is 0.771 bits per heavy atom. The fraction of sp³-hybridized carbons (Fsp3) is 0.588. The summed E-state index contributed by atoms with van der Waals surface area (Å²) in [5, 5.41) is 0. The van der Waals surface area contributed by atoms with Crippen LogP contribution >= 0.6 is 8.25 Å². The van der Waals surface area contributed by atoms with E-state index in [1.165, 1.54) is 13.8 Å². The van der Waals surface area contributed by atoms with Crippen molar-refractivity contribution in [2.75, 3.05) is 0 Å². The van der Waals surface area contributed by atoms with Gasteiger partial charge in [0.15, 0.2) is 0 Å². The highest BCUT2D eigenvalue weighted by atomic mass is 31.1. The zero-order valence-corrected chi connectivity index (χ0v) is 29.7. The standard InChI is InChI=1S/C34H47F8O5P/c1-23(2)13-9-15-25(5)17-11-19-27(7)21-29(43)31(35,36)33(39,40)46-48(45)47-34(41,42)32(37,38)30(44)22-28(8)20-12-18-26(6)16-10-14-24(3)4/h13-14,17-18,21-22,48H,9-12,15-16,19-20H2,1-8H3. The zero-order chi connectivity index (χ0) is 37.5. The molecule has 274 valence electrons. The first-order valence-electron chi connectivity index (χ1n) is 15.3. The first-order chi connectivity index (χ1) is 21.9. The minimum atomic E-state index is -6.00. The van der Waals surface area contributed by atoms with Crippen LogP contribution in [-0.4, -0.2) is 35.6 Å². The highest BCUT2D eigenvalue weighted by Crippen LogP contribution is 2.49. The maximum Gasteiger partial charge on any atom is 0.434 e. The molecule has 0 aliphatic carbocycles. The van der Waals surface area contributed by atoms with Gasteiger partial charge in [-0.2, -0.15) is 35.1 Å². The minimum Gasteiger partial charge on any atom is -0.288 e. The van der Waals surface area contributed by atoms with E-state index in [2.05, 4.69) is 9.05 Å². The van der Waals surface area contributed by atoms with Gasteiger partial charge in [0.05, 0.1) is 0 Å². The van der Waals surface area contributed by atoms with Crippen LogP contribution < -0.4 is 0 Å². The van der Waals surface area contributed by atoms with Crippen molar-refractivity contribution in [1.82, 2.24) is 0 Å². The quantitative estimate of drug-likeness (QED) is 0.0482. The van der Waals surface area contributed by atoms with Gasteiger partial charge < -0.3 is 0 Å². The molecule has 48 heavy (non-hydrogen) atoms. The number of ketones is 2. The van der Waals surface area contributed by atoms with Gasteiger partial charge in [-0.3, -0.25) is 14.2 Å². The largest absolute Gasteiger partial charge is 0.434 e. The summed E-state index contributed by atoms with van der Waals surface area (Å²) < 4.78 is 132. The Kier molecular flexibility index (Phi) is 19.0. The summed E-state index contributed by atoms with van der Waals surface area (Å²) in [4.78, 5) is 23.9. The van der Waals surface area contributed by atoms with Crippen molar-refractivity contribution in [3.63, 3.8) is 0 Å². The van der Waals surface area contributed by atoms with Crippen LogP contribution in [-0.2, 0) is 23.2 Å². The van der Waals surface area contributed by atoms with Gasteiger partial charge in [0, 0.05) is 0 Å². The molecule has 0 saturated heterocycles. The molecule has 0 amide bonds. The number of carbonyl (C=O) groups is 2. The molecule has 0 bridgehead atoms. The Morgan fingerprint density at radius 3 is 1.06 bits per heavy atom. The topological polar surface area (TPSA) is 69.7 Å². The molecule has 14 heteroatoms. The Bertz CT molecular complexity index is 1220. The van der Waals surface area contributed by atoms with Gasteiger partial charge in [0.25, 0.3) is 0 Å². The van der Waals surface area contributed by atoms with Gasteiger partial charge in [0.2, 0.25) is 11.6 Å². The normalized spacial score (nSPS) is 14.9. The van der Waals surface area contributed by atoms with E-state index >= 15 is 0 Å². The van der Waals surface area contributed by atoms with E-state index in [1.807, 2.05) is 53.7 Å². The number of halogens is 8. The summed E-state index contributed by atoms with van der Waals surface area (Å²) >= 11 is 0. The summed E-state index contributed by atoms with van der Waals surface area (Å²) in [7, 11) is -5.54. The van der Waals surface area contributed by atoms with E-state index in [0.29, 0.717) is 12.8 Å². The summed E-state index contributed by atoms with van der Waals surface area (Å²) in [5.74, 6) is -16.5. The summed E-state index contributed by atoms with van der Waals surface area (Å²) in [6.45, 7) is 13.9. The first kappa shape index (κ1) is 45.4. The molecule has 0 fully saturated rings. The molecular weight excluding hydrogens is 671 g/mol. The Hall–Kier alpha value is -2.63. The van der Waals surface area contributed by atoms with Crippen molar-refractivity contribution in [1.29, 1.82) is 0 Å². The number of hydrogen-bond donors (Lipinski definition) is 0. The predicted octanol–water partition coefficient (Wildman–Crippen LogP) is 11.8. The van der Waals surface area contributed by atoms with Gasteiger partial charge in [0.1, 0.15) is 0 Å². The van der Waals surface area contributed by atoms with Gasteiger partial charge >= 0.3 is 32.3 Å². The first-order valence-corrected chi connectivity index (χ1v) is 16.5. The lowest BCUT2D eigenvalue weighted by Gasteiger charge is -2.27. The van der Waals surface area contributed by atoms with E-state index in [9.17, 15) is 49.3 Å². The third-order valence-corrected chi connectivity index (χ3v) is 7.62. The molecule has 0 aliphatic rings. The molecule has 0 heterocycles. The molecule has 0 aromatic carbocycles. The smallest absolute Gasteiger partial charge is 0.288 e. The Balaban J connectivity index is 5.38. The van der Waals surface area contributed by atoms with Crippen LogP contribution in [0.4, 0.5) is 35.1 Å². The molecule has 0 unspecified atom stereocenters. The SMILES string of the molecule is CC(C)=CCCC(C)=CCCC(C)=CC(=O)C(F)(F)C(F)(F)O[PH](=O)OC(F)(F)C(F)(F)C(=O)C=C(C)CCC=C(C)CCC=C(C)C. The molecule has 5 nitrogen and oxygen atoms in total. The highest BCUT2D eigenvalue weighted by molar-refractivity contribution is 7.33. The second-order valence-electron chi connectivity index (χ2n) is 12.2. The van der Waals surface area contributed by atoms with Gasteiger partial charge in [-0.05, 0) is 119 Å². The molecule has 0 aliphatic heterocycles. The molecule has 0 aromatic rings. The van der Waals surface area contributed by atoms with Crippen LogP contribution in [0.15, 0.2) is 69.9 Å². The highest BCUT2D eigenvalue weighted by Gasteiger charge is 2.67. The second-order valence-corrected chi connectivity index (χ2v) is 13.1. The zero-order valence-electron chi connectivity index (χ0n) is 28.7. The van der Waals surface area contributed by atoms with Crippen LogP contribution in [0.25, 0.3) is 0 Å². The van der Waals surface area contributed by atoms with Crippen molar-refractivity contribution in [3.05, 3.63) is 69.9 Å². The molecule has 0 atom stereocenters. The molecule has 0 radical (unpaired) electrons. The number of alkyl halides is 8. The van der Waals surface area contributed by atoms with E-state index in [-0.39, 0.29) is 36.1 Å². The lowest BCUT2D eigenvalue weighted by molar-refractivity contribution is -0.315. The number of rotatable bonds is 22. The third-order valence-electron chi connectivity index (χ3n) is 6.77. The second kappa shape index (κ2) is 20.1. The van der Waals surface area contributed by atoms with Crippen molar-refractivity contribution in [2.45, 2.75) is 131 Å². The van der Waals surface area contributed by atoms with Crippen molar-refractivity contribution >= 4 is 19.8 Å². The van der Waals surface area contributed by atoms with E-state index in [0.717, 1.165) is 48.0 Å². The van der Waals surface area contributed by atoms with Crippen LogP contribution in [0, 0.1) is 0 Å². The van der Waals surface area contributed by atoms with E-state index < -0.39 is 43.9 Å². The molecular formula is C34H47F8O5P. The molecule has 0 saturated carbocycles. The molecule has 0 aromatic heterocycles. The monoisotopic (exact) mass is 718 g/mol. The fourth-order valence-corrected chi connectivity index (χ4v) is 4.61. The van der Waals surface area contributed by atoms with Crippen LogP contribution in [0.2, 0.25) is 0 Å². The summed E-state index contributed by atoms with van der Waals surface area (Å²) in [6, 6.07) is 0. The third kappa shape index (κ3) is 16.2. The molecule has 0 spiro atoms. The number of carbonyl (C=O) groups excluding carboxylic acids is 2. The summed E-state index contributed by atoms with van der Waals surface area (Å²) in [5.41, 5.74) is 4.14. The lowest BCUT2D eigenvalue weighted by Crippen LogP contribution is -2.49. The van der Waals surface area contributed by atoms with Crippen LogP contribution in [0.3, 0.4) is 0 Å².